The number of rotatable bonds is 3. The summed E-state index contributed by atoms with van der Waals surface area (Å²) in [6, 6.07) is 2.91. The van der Waals surface area contributed by atoms with Crippen LogP contribution in [0.25, 0.3) is 6.08 Å². The predicted molar refractivity (Wildman–Crippen MR) is 69.3 cm³/mol. The summed E-state index contributed by atoms with van der Waals surface area (Å²) in [6.07, 6.45) is 5.46. The molecule has 1 aromatic heterocycles. The maximum absolute atomic E-state index is 5.13. The molecular formula is C13H19N3O. The molecule has 1 fully saturated rings. The van der Waals surface area contributed by atoms with Crippen LogP contribution in [0.4, 0.5) is 5.82 Å². The molecule has 0 saturated carbocycles. The molecule has 1 saturated heterocycles. The summed E-state index contributed by atoms with van der Waals surface area (Å²) in [5.74, 6) is 0.943. The molecule has 92 valence electrons. The van der Waals surface area contributed by atoms with Crippen molar-refractivity contribution in [2.45, 2.75) is 32.2 Å². The Balaban J connectivity index is 2.32. The van der Waals surface area contributed by atoms with Gasteiger partial charge in [-0.3, -0.25) is 0 Å². The SMILES string of the molecule is C=Cc1cc(N2CCCCC2C)nc(OC)n1. The fourth-order valence-electron chi connectivity index (χ4n) is 2.21. The van der Waals surface area contributed by atoms with Gasteiger partial charge in [0.1, 0.15) is 5.82 Å². The van der Waals surface area contributed by atoms with Crippen molar-refractivity contribution in [3.63, 3.8) is 0 Å². The first-order valence-corrected chi connectivity index (χ1v) is 6.06. The Hall–Kier alpha value is -1.58. The minimum atomic E-state index is 0.412. The Morgan fingerprint density at radius 3 is 2.94 bits per heavy atom. The Bertz CT molecular complexity index is 406. The average molecular weight is 233 g/mol. The zero-order valence-electron chi connectivity index (χ0n) is 10.5. The third kappa shape index (κ3) is 2.57. The number of methoxy groups -OCH3 is 1. The van der Waals surface area contributed by atoms with Gasteiger partial charge in [0.25, 0.3) is 0 Å². The van der Waals surface area contributed by atoms with Gasteiger partial charge in [0.2, 0.25) is 0 Å². The number of hydrogen-bond acceptors (Lipinski definition) is 4. The van der Waals surface area contributed by atoms with E-state index in [1.807, 2.05) is 6.07 Å². The van der Waals surface area contributed by atoms with E-state index in [9.17, 15) is 0 Å². The highest BCUT2D eigenvalue weighted by molar-refractivity contribution is 5.51. The van der Waals surface area contributed by atoms with E-state index in [2.05, 4.69) is 28.4 Å². The zero-order chi connectivity index (χ0) is 12.3. The van der Waals surface area contributed by atoms with Crippen molar-refractivity contribution in [2.24, 2.45) is 0 Å². The topological polar surface area (TPSA) is 38.2 Å². The quantitative estimate of drug-likeness (QED) is 0.804. The van der Waals surface area contributed by atoms with Gasteiger partial charge in [0.15, 0.2) is 0 Å². The fourth-order valence-corrected chi connectivity index (χ4v) is 2.21. The van der Waals surface area contributed by atoms with E-state index in [0.717, 1.165) is 18.1 Å². The Kier molecular flexibility index (Phi) is 3.61. The van der Waals surface area contributed by atoms with E-state index >= 15 is 0 Å². The number of nitrogens with zero attached hydrogens (tertiary/aromatic N) is 3. The van der Waals surface area contributed by atoms with E-state index in [4.69, 9.17) is 4.74 Å². The van der Waals surface area contributed by atoms with E-state index in [-0.39, 0.29) is 0 Å². The van der Waals surface area contributed by atoms with Gasteiger partial charge in [-0.15, -0.1) is 0 Å². The minimum absolute atomic E-state index is 0.412. The molecule has 0 N–H and O–H groups in total. The number of ether oxygens (including phenoxy) is 1. The lowest BCUT2D eigenvalue weighted by molar-refractivity contribution is 0.377. The first-order valence-electron chi connectivity index (χ1n) is 6.06. The van der Waals surface area contributed by atoms with Crippen LogP contribution in [-0.2, 0) is 0 Å². The minimum Gasteiger partial charge on any atom is -0.467 e. The number of hydrogen-bond donors (Lipinski definition) is 0. The zero-order valence-corrected chi connectivity index (χ0v) is 10.5. The second kappa shape index (κ2) is 5.17. The van der Waals surface area contributed by atoms with Crippen LogP contribution in [0.3, 0.4) is 0 Å². The molecule has 1 aliphatic rings. The monoisotopic (exact) mass is 233 g/mol. The second-order valence-electron chi connectivity index (χ2n) is 4.38. The van der Waals surface area contributed by atoms with E-state index in [1.54, 1.807) is 13.2 Å². The Morgan fingerprint density at radius 1 is 1.47 bits per heavy atom. The summed E-state index contributed by atoms with van der Waals surface area (Å²) in [7, 11) is 1.59. The maximum Gasteiger partial charge on any atom is 0.318 e. The van der Waals surface area contributed by atoms with Crippen LogP contribution in [0, 0.1) is 0 Å². The third-order valence-electron chi connectivity index (χ3n) is 3.20. The van der Waals surface area contributed by atoms with Crippen molar-refractivity contribution >= 4 is 11.9 Å². The van der Waals surface area contributed by atoms with Crippen molar-refractivity contribution in [3.8, 4) is 6.01 Å². The van der Waals surface area contributed by atoms with Crippen LogP contribution in [0.1, 0.15) is 31.9 Å². The Morgan fingerprint density at radius 2 is 2.29 bits per heavy atom. The molecule has 4 nitrogen and oxygen atoms in total. The van der Waals surface area contributed by atoms with Crippen LogP contribution in [-0.4, -0.2) is 29.7 Å². The van der Waals surface area contributed by atoms with Gasteiger partial charge in [0, 0.05) is 18.7 Å². The number of piperidine rings is 1. The highest BCUT2D eigenvalue weighted by Gasteiger charge is 2.20. The highest BCUT2D eigenvalue weighted by atomic mass is 16.5. The molecule has 1 aromatic rings. The molecular weight excluding hydrogens is 214 g/mol. The molecule has 1 unspecified atom stereocenters. The summed E-state index contributed by atoms with van der Waals surface area (Å²) in [6.45, 7) is 7.04. The summed E-state index contributed by atoms with van der Waals surface area (Å²) < 4.78 is 5.13. The van der Waals surface area contributed by atoms with Crippen LogP contribution in [0.2, 0.25) is 0 Å². The predicted octanol–water partition coefficient (Wildman–Crippen LogP) is 2.51. The third-order valence-corrected chi connectivity index (χ3v) is 3.20. The largest absolute Gasteiger partial charge is 0.467 e. The average Bonchev–Trinajstić information content (AvgIpc) is 2.38. The van der Waals surface area contributed by atoms with Crippen molar-refractivity contribution in [3.05, 3.63) is 18.3 Å². The first-order chi connectivity index (χ1) is 8.24. The van der Waals surface area contributed by atoms with Crippen molar-refractivity contribution in [2.75, 3.05) is 18.6 Å². The van der Waals surface area contributed by atoms with E-state index in [1.165, 1.54) is 19.3 Å². The van der Waals surface area contributed by atoms with Gasteiger partial charge in [-0.1, -0.05) is 6.58 Å². The fraction of sp³-hybridized carbons (Fsp3) is 0.538. The van der Waals surface area contributed by atoms with E-state index < -0.39 is 0 Å². The smallest absolute Gasteiger partial charge is 0.318 e. The van der Waals surface area contributed by atoms with Crippen LogP contribution >= 0.6 is 0 Å². The molecule has 1 atom stereocenters. The second-order valence-corrected chi connectivity index (χ2v) is 4.38. The molecule has 2 heterocycles. The lowest BCUT2D eigenvalue weighted by atomic mass is 10.0. The van der Waals surface area contributed by atoms with Crippen molar-refractivity contribution < 1.29 is 4.74 Å². The molecule has 0 spiro atoms. The lowest BCUT2D eigenvalue weighted by Gasteiger charge is -2.34. The molecule has 4 heteroatoms. The molecule has 0 amide bonds. The van der Waals surface area contributed by atoms with Gasteiger partial charge in [-0.25, -0.2) is 0 Å². The standard InChI is InChI=1S/C13H19N3O/c1-4-11-9-12(15-13(14-11)17-3)16-8-6-5-7-10(16)2/h4,9-10H,1,5-8H2,2-3H3. The van der Waals surface area contributed by atoms with Crippen molar-refractivity contribution in [1.82, 2.24) is 9.97 Å². The molecule has 0 radical (unpaired) electrons. The maximum atomic E-state index is 5.13. The summed E-state index contributed by atoms with van der Waals surface area (Å²) in [5, 5.41) is 0. The van der Waals surface area contributed by atoms with Gasteiger partial charge >= 0.3 is 6.01 Å². The van der Waals surface area contributed by atoms with E-state index in [0.29, 0.717) is 12.1 Å². The summed E-state index contributed by atoms with van der Waals surface area (Å²) in [5.41, 5.74) is 0.810. The van der Waals surface area contributed by atoms with Crippen LogP contribution < -0.4 is 9.64 Å². The Labute approximate surface area is 102 Å². The molecule has 0 aliphatic carbocycles. The molecule has 0 bridgehead atoms. The van der Waals surface area contributed by atoms with Crippen LogP contribution in [0.5, 0.6) is 6.01 Å². The van der Waals surface area contributed by atoms with Crippen LogP contribution in [0.15, 0.2) is 12.6 Å². The van der Waals surface area contributed by atoms with Gasteiger partial charge in [-0.2, -0.15) is 9.97 Å². The molecule has 17 heavy (non-hydrogen) atoms. The molecule has 1 aliphatic heterocycles. The normalized spacial score (nSPS) is 20.1. The molecule has 2 rings (SSSR count). The molecule has 0 aromatic carbocycles. The van der Waals surface area contributed by atoms with Crippen molar-refractivity contribution in [1.29, 1.82) is 0 Å². The first kappa shape index (κ1) is 11.9. The lowest BCUT2D eigenvalue weighted by Crippen LogP contribution is -2.38. The summed E-state index contributed by atoms with van der Waals surface area (Å²) in [4.78, 5) is 11.0. The van der Waals surface area contributed by atoms with Gasteiger partial charge in [0.05, 0.1) is 12.8 Å². The number of aromatic nitrogens is 2. The number of anilines is 1. The highest BCUT2D eigenvalue weighted by Crippen LogP contribution is 2.24. The summed E-state index contributed by atoms with van der Waals surface area (Å²) >= 11 is 0. The van der Waals surface area contributed by atoms with Gasteiger partial charge < -0.3 is 9.64 Å². The van der Waals surface area contributed by atoms with Gasteiger partial charge in [-0.05, 0) is 32.3 Å².